The molecule has 2 atom stereocenters. The van der Waals surface area contributed by atoms with E-state index in [2.05, 4.69) is 5.32 Å². The fourth-order valence-corrected chi connectivity index (χ4v) is 4.05. The number of carbonyl (C=O) groups excluding carboxylic acids is 2. The van der Waals surface area contributed by atoms with Gasteiger partial charge in [0.2, 0.25) is 0 Å². The summed E-state index contributed by atoms with van der Waals surface area (Å²) >= 11 is 0. The molecule has 0 unspecified atom stereocenters. The number of ether oxygens (including phenoxy) is 3. The largest absolute Gasteiger partial charge is 0.507 e. The summed E-state index contributed by atoms with van der Waals surface area (Å²) in [5.41, 5.74) is 1.05. The molecule has 2 aliphatic rings. The van der Waals surface area contributed by atoms with Gasteiger partial charge in [-0.15, -0.1) is 0 Å². The molecule has 2 aromatic rings. The third-order valence-corrected chi connectivity index (χ3v) is 5.21. The predicted molar refractivity (Wildman–Crippen MR) is 106 cm³/mol. The molecule has 0 bridgehead atoms. The molecule has 0 radical (unpaired) electrons. The molecule has 2 aliphatic heterocycles. The molecule has 0 saturated carbocycles. The summed E-state index contributed by atoms with van der Waals surface area (Å²) in [5, 5.41) is 24.5. The average molecular weight is 418 g/mol. The zero-order chi connectivity index (χ0) is 21.6. The van der Waals surface area contributed by atoms with Gasteiger partial charge in [-0.3, -0.25) is 4.79 Å². The normalized spacial score (nSPS) is 22.1. The topological polar surface area (TPSA) is 119 Å². The molecular formula is C21H26N2O7. The van der Waals surface area contributed by atoms with E-state index in [4.69, 9.17) is 14.2 Å². The number of aromatic nitrogens is 1. The molecule has 1 aromatic heterocycles. The van der Waals surface area contributed by atoms with Crippen LogP contribution in [0.2, 0.25) is 0 Å². The van der Waals surface area contributed by atoms with Crippen LogP contribution in [0.3, 0.4) is 0 Å². The van der Waals surface area contributed by atoms with Gasteiger partial charge in [0.1, 0.15) is 17.5 Å². The average Bonchev–Trinajstić information content (AvgIpc) is 3.16. The van der Waals surface area contributed by atoms with Crippen molar-refractivity contribution in [1.82, 2.24) is 9.88 Å². The molecular weight excluding hydrogens is 392 g/mol. The van der Waals surface area contributed by atoms with E-state index in [1.54, 1.807) is 31.4 Å². The lowest BCUT2D eigenvalue weighted by Gasteiger charge is -2.24. The number of amides is 1. The number of phenolic OH excluding ortho intramolecular Hbond substituents is 1. The van der Waals surface area contributed by atoms with Crippen molar-refractivity contribution in [2.75, 3.05) is 13.2 Å². The monoisotopic (exact) mass is 418 g/mol. The van der Waals surface area contributed by atoms with Gasteiger partial charge in [0.05, 0.1) is 35.9 Å². The zero-order valence-electron chi connectivity index (χ0n) is 17.2. The van der Waals surface area contributed by atoms with Crippen LogP contribution in [0.25, 0.3) is 10.9 Å². The number of phenols is 1. The summed E-state index contributed by atoms with van der Waals surface area (Å²) in [6.45, 7) is 6.57. The highest BCUT2D eigenvalue weighted by Crippen LogP contribution is 2.42. The number of benzene rings is 1. The number of aliphatic hydroxyl groups is 1. The maximum atomic E-state index is 12.2. The van der Waals surface area contributed by atoms with Gasteiger partial charge in [-0.1, -0.05) is 0 Å². The first-order chi connectivity index (χ1) is 14.2. The number of hydrogen-bond acceptors (Lipinski definition) is 7. The minimum atomic E-state index is -1.13. The summed E-state index contributed by atoms with van der Waals surface area (Å²) in [6.07, 6.45) is -0.982. The first-order valence-corrected chi connectivity index (χ1v) is 9.94. The number of aromatic hydroxyl groups is 1. The highest BCUT2D eigenvalue weighted by Gasteiger charge is 2.38. The fraction of sp³-hybridized carbons (Fsp3) is 0.524. The van der Waals surface area contributed by atoms with Gasteiger partial charge in [0, 0.05) is 17.7 Å². The number of hydrogen-bond donors (Lipinski definition) is 3. The number of aliphatic hydroxyl groups excluding tert-OH is 1. The Bertz CT molecular complexity index is 986. The minimum Gasteiger partial charge on any atom is -0.507 e. The molecule has 30 heavy (non-hydrogen) atoms. The zero-order valence-corrected chi connectivity index (χ0v) is 17.2. The van der Waals surface area contributed by atoms with Gasteiger partial charge in [-0.05, 0) is 39.3 Å². The van der Waals surface area contributed by atoms with Gasteiger partial charge in [-0.25, -0.2) is 4.79 Å². The number of fused-ring (bicyclic) bond motifs is 3. The van der Waals surface area contributed by atoms with Crippen molar-refractivity contribution in [2.24, 2.45) is 0 Å². The highest BCUT2D eigenvalue weighted by atomic mass is 16.7. The van der Waals surface area contributed by atoms with E-state index in [9.17, 15) is 19.8 Å². The summed E-state index contributed by atoms with van der Waals surface area (Å²) in [7, 11) is 0. The van der Waals surface area contributed by atoms with E-state index >= 15 is 0 Å². The van der Waals surface area contributed by atoms with Crippen LogP contribution in [0.15, 0.2) is 12.1 Å². The second kappa shape index (κ2) is 7.57. The summed E-state index contributed by atoms with van der Waals surface area (Å²) in [5.74, 6) is -0.0897. The van der Waals surface area contributed by atoms with Gasteiger partial charge in [0.15, 0.2) is 12.6 Å². The lowest BCUT2D eigenvalue weighted by Crippen LogP contribution is -2.41. The standard InChI is InChI=1S/C21H26N2O7/c1-21(2,3)30-20(27)22-13-9-23-14-7-11(19-28-5-4-6-29-19)8-15(25)16(14)12(10-24)17(23)18(13)26/h7-8,10,13,18-19,25-26H,4-6,9H2,1-3H3,(H,22,27)/t13-,18-/m0/s1. The number of nitrogens with one attached hydrogen (secondary N) is 1. The molecule has 3 heterocycles. The summed E-state index contributed by atoms with van der Waals surface area (Å²) in [6, 6.07) is 2.62. The third kappa shape index (κ3) is 3.64. The summed E-state index contributed by atoms with van der Waals surface area (Å²) < 4.78 is 18.3. The smallest absolute Gasteiger partial charge is 0.408 e. The van der Waals surface area contributed by atoms with Crippen LogP contribution in [-0.4, -0.2) is 52.0 Å². The Hall–Kier alpha value is -2.62. The van der Waals surface area contributed by atoms with E-state index < -0.39 is 30.1 Å². The van der Waals surface area contributed by atoms with Crippen LogP contribution in [0.1, 0.15) is 61.2 Å². The first-order valence-electron chi connectivity index (χ1n) is 9.94. The Kier molecular flexibility index (Phi) is 5.21. The number of nitrogens with zero attached hydrogens (tertiary/aromatic N) is 1. The molecule has 1 aromatic carbocycles. The fourth-order valence-electron chi connectivity index (χ4n) is 4.05. The molecule has 162 valence electrons. The number of carbonyl (C=O) groups is 2. The van der Waals surface area contributed by atoms with Gasteiger partial charge >= 0.3 is 6.09 Å². The second-order valence-corrected chi connectivity index (χ2v) is 8.59. The third-order valence-electron chi connectivity index (χ3n) is 5.21. The van der Waals surface area contributed by atoms with E-state index in [0.29, 0.717) is 41.7 Å². The van der Waals surface area contributed by atoms with Crippen molar-refractivity contribution in [3.63, 3.8) is 0 Å². The Morgan fingerprint density at radius 3 is 2.63 bits per heavy atom. The highest BCUT2D eigenvalue weighted by molar-refractivity contribution is 6.03. The molecule has 9 heteroatoms. The number of alkyl carbamates (subject to hydrolysis) is 1. The van der Waals surface area contributed by atoms with Crippen LogP contribution in [0.4, 0.5) is 4.79 Å². The van der Waals surface area contributed by atoms with Crippen molar-refractivity contribution in [3.05, 3.63) is 29.0 Å². The Labute approximate surface area is 173 Å². The minimum absolute atomic E-state index is 0.0897. The van der Waals surface area contributed by atoms with Crippen LogP contribution in [0, 0.1) is 0 Å². The van der Waals surface area contributed by atoms with E-state index in [-0.39, 0.29) is 17.9 Å². The molecule has 0 spiro atoms. The van der Waals surface area contributed by atoms with Gasteiger partial charge in [0.25, 0.3) is 0 Å². The number of aldehydes is 1. The van der Waals surface area contributed by atoms with Crippen molar-refractivity contribution in [2.45, 2.75) is 57.8 Å². The van der Waals surface area contributed by atoms with Crippen LogP contribution in [0.5, 0.6) is 5.75 Å². The number of rotatable bonds is 3. The van der Waals surface area contributed by atoms with E-state index in [1.165, 1.54) is 6.07 Å². The van der Waals surface area contributed by atoms with E-state index in [1.807, 2.05) is 0 Å². The van der Waals surface area contributed by atoms with Crippen molar-refractivity contribution in [3.8, 4) is 5.75 Å². The van der Waals surface area contributed by atoms with Crippen molar-refractivity contribution in [1.29, 1.82) is 0 Å². The lowest BCUT2D eigenvalue weighted by molar-refractivity contribution is -0.183. The first kappa shape index (κ1) is 20.6. The van der Waals surface area contributed by atoms with Crippen LogP contribution in [-0.2, 0) is 20.8 Å². The molecule has 4 rings (SSSR count). The Morgan fingerprint density at radius 2 is 2.00 bits per heavy atom. The van der Waals surface area contributed by atoms with Crippen molar-refractivity contribution >= 4 is 23.3 Å². The van der Waals surface area contributed by atoms with E-state index in [0.717, 1.165) is 6.42 Å². The summed E-state index contributed by atoms with van der Waals surface area (Å²) in [4.78, 5) is 24.0. The quantitative estimate of drug-likeness (QED) is 0.655. The molecule has 3 N–H and O–H groups in total. The second-order valence-electron chi connectivity index (χ2n) is 8.59. The van der Waals surface area contributed by atoms with Crippen LogP contribution >= 0.6 is 0 Å². The maximum absolute atomic E-state index is 12.2. The molecule has 1 saturated heterocycles. The maximum Gasteiger partial charge on any atom is 0.408 e. The van der Waals surface area contributed by atoms with Crippen LogP contribution < -0.4 is 5.32 Å². The predicted octanol–water partition coefficient (Wildman–Crippen LogP) is 2.54. The van der Waals surface area contributed by atoms with Crippen molar-refractivity contribution < 1.29 is 34.0 Å². The molecule has 9 nitrogen and oxygen atoms in total. The molecule has 0 aliphatic carbocycles. The molecule has 1 fully saturated rings. The Morgan fingerprint density at radius 1 is 1.30 bits per heavy atom. The molecule has 1 amide bonds. The lowest BCUT2D eigenvalue weighted by atomic mass is 10.0. The SMILES string of the molecule is CC(C)(C)OC(=O)N[C@H]1Cn2c(c(C=O)c3c(O)cc(C4OCCCO4)cc32)[C@H]1O. The van der Waals surface area contributed by atoms with Gasteiger partial charge in [-0.2, -0.15) is 0 Å². The Balaban J connectivity index is 1.70. The van der Waals surface area contributed by atoms with Gasteiger partial charge < -0.3 is 34.3 Å².